The molecule has 188 valence electrons. The number of benzene rings is 1. The Hall–Kier alpha value is -3.43. The standard InChI is InChI=1S/C20H18ClN7O6S2/c1-11(29)31-7-9-35-19-25-23-17(33-19)15-16(28(27-22-15)14-6-4-3-5-13(14)21)18-24-26-20(34-18)36-10-8-32-12(2)30/h3-6H,7-10H2,1-2H3. The normalized spacial score (nSPS) is 11.0. The molecule has 13 nitrogen and oxygen atoms in total. The van der Waals surface area contributed by atoms with Crippen molar-refractivity contribution in [3.63, 3.8) is 0 Å². The van der Waals surface area contributed by atoms with Crippen LogP contribution in [-0.4, -0.2) is 72.0 Å². The van der Waals surface area contributed by atoms with E-state index >= 15 is 0 Å². The number of hydrogen-bond donors (Lipinski definition) is 0. The first-order valence-corrected chi connectivity index (χ1v) is 12.7. The molecule has 0 unspecified atom stereocenters. The summed E-state index contributed by atoms with van der Waals surface area (Å²) in [4.78, 5) is 21.8. The van der Waals surface area contributed by atoms with Gasteiger partial charge >= 0.3 is 11.9 Å². The van der Waals surface area contributed by atoms with Crippen molar-refractivity contribution in [3.8, 4) is 28.9 Å². The first-order chi connectivity index (χ1) is 17.4. The molecule has 0 radical (unpaired) electrons. The van der Waals surface area contributed by atoms with E-state index in [1.54, 1.807) is 24.3 Å². The second kappa shape index (κ2) is 12.0. The van der Waals surface area contributed by atoms with Crippen LogP contribution in [0.1, 0.15) is 13.8 Å². The van der Waals surface area contributed by atoms with Gasteiger partial charge in [0.1, 0.15) is 13.2 Å². The third-order valence-corrected chi connectivity index (χ3v) is 6.08. The Morgan fingerprint density at radius 3 is 2.08 bits per heavy atom. The van der Waals surface area contributed by atoms with Crippen molar-refractivity contribution in [1.82, 2.24) is 35.4 Å². The summed E-state index contributed by atoms with van der Waals surface area (Å²) in [5.41, 5.74) is 1.02. The highest BCUT2D eigenvalue weighted by atomic mass is 35.5. The lowest BCUT2D eigenvalue weighted by Gasteiger charge is -2.05. The zero-order chi connectivity index (χ0) is 25.5. The maximum atomic E-state index is 10.9. The molecule has 0 aliphatic rings. The predicted octanol–water partition coefficient (Wildman–Crippen LogP) is 3.33. The number of aromatic nitrogens is 7. The van der Waals surface area contributed by atoms with Gasteiger partial charge in [-0.1, -0.05) is 52.5 Å². The number of hydrogen-bond acceptors (Lipinski definition) is 14. The molecule has 3 aromatic heterocycles. The molecule has 0 bridgehead atoms. The fourth-order valence-electron chi connectivity index (χ4n) is 2.77. The number of thioether (sulfide) groups is 2. The summed E-state index contributed by atoms with van der Waals surface area (Å²) in [6, 6.07) is 7.03. The molecule has 1 aromatic carbocycles. The van der Waals surface area contributed by atoms with Crippen molar-refractivity contribution >= 4 is 47.1 Å². The monoisotopic (exact) mass is 551 g/mol. The van der Waals surface area contributed by atoms with E-state index in [1.807, 2.05) is 0 Å². The lowest BCUT2D eigenvalue weighted by Crippen LogP contribution is -2.02. The van der Waals surface area contributed by atoms with Crippen LogP contribution in [0.15, 0.2) is 43.5 Å². The quantitative estimate of drug-likeness (QED) is 0.151. The van der Waals surface area contributed by atoms with Crippen LogP contribution in [0.25, 0.3) is 28.9 Å². The van der Waals surface area contributed by atoms with Gasteiger partial charge in [0.2, 0.25) is 0 Å². The van der Waals surface area contributed by atoms with Gasteiger partial charge < -0.3 is 18.3 Å². The average Bonchev–Trinajstić information content (AvgIpc) is 3.59. The van der Waals surface area contributed by atoms with Crippen molar-refractivity contribution in [2.75, 3.05) is 24.7 Å². The molecule has 16 heteroatoms. The Kier molecular flexibility index (Phi) is 8.56. The molecular formula is C20H18ClN7O6S2. The Labute approximate surface area is 217 Å². The van der Waals surface area contributed by atoms with Gasteiger partial charge in [0.15, 0.2) is 11.4 Å². The minimum absolute atomic E-state index is 0.0700. The molecular weight excluding hydrogens is 534 g/mol. The smallest absolute Gasteiger partial charge is 0.302 e. The molecule has 4 aromatic rings. The van der Waals surface area contributed by atoms with Crippen LogP contribution in [0.2, 0.25) is 5.02 Å². The number of esters is 2. The van der Waals surface area contributed by atoms with Crippen molar-refractivity contribution in [2.45, 2.75) is 24.3 Å². The molecule has 0 aliphatic heterocycles. The number of para-hydroxylation sites is 1. The summed E-state index contributed by atoms with van der Waals surface area (Å²) in [5.74, 6) is 0.273. The molecule has 4 rings (SSSR count). The maximum Gasteiger partial charge on any atom is 0.302 e. The molecule has 3 heterocycles. The van der Waals surface area contributed by atoms with Gasteiger partial charge in [0.05, 0.1) is 10.7 Å². The fraction of sp³-hybridized carbons (Fsp3) is 0.300. The van der Waals surface area contributed by atoms with E-state index in [4.69, 9.17) is 29.9 Å². The second-order valence-electron chi connectivity index (χ2n) is 6.77. The summed E-state index contributed by atoms with van der Waals surface area (Å²) >= 11 is 8.83. The van der Waals surface area contributed by atoms with Gasteiger partial charge in [0.25, 0.3) is 22.2 Å². The fourth-order valence-corrected chi connectivity index (χ4v) is 4.14. The zero-order valence-corrected chi connectivity index (χ0v) is 21.3. The molecule has 0 fully saturated rings. The summed E-state index contributed by atoms with van der Waals surface area (Å²) in [7, 11) is 0. The first-order valence-electron chi connectivity index (χ1n) is 10.3. The van der Waals surface area contributed by atoms with Crippen molar-refractivity contribution in [2.24, 2.45) is 0 Å². The van der Waals surface area contributed by atoms with Crippen molar-refractivity contribution < 1.29 is 27.9 Å². The number of nitrogens with zero attached hydrogens (tertiary/aromatic N) is 7. The van der Waals surface area contributed by atoms with Gasteiger partial charge in [-0.3, -0.25) is 9.59 Å². The molecule has 0 atom stereocenters. The Balaban J connectivity index is 1.62. The van der Waals surface area contributed by atoms with Crippen molar-refractivity contribution in [3.05, 3.63) is 29.3 Å². The van der Waals surface area contributed by atoms with E-state index in [1.165, 1.54) is 42.1 Å². The van der Waals surface area contributed by atoms with E-state index in [0.717, 1.165) is 0 Å². The molecule has 0 saturated heterocycles. The number of carbonyl (C=O) groups excluding carboxylic acids is 2. The van der Waals surface area contributed by atoms with E-state index < -0.39 is 0 Å². The summed E-state index contributed by atoms with van der Waals surface area (Å²) in [6.07, 6.45) is 0. The number of carbonyl (C=O) groups is 2. The summed E-state index contributed by atoms with van der Waals surface area (Å²) < 4.78 is 22.8. The SMILES string of the molecule is CC(=O)OCCSc1nnc(-c2nnn(-c3ccccc3Cl)c2-c2nnc(SCCOC(C)=O)o2)o1. The van der Waals surface area contributed by atoms with E-state index in [9.17, 15) is 9.59 Å². The van der Waals surface area contributed by atoms with Gasteiger partial charge in [-0.05, 0) is 12.1 Å². The number of rotatable bonds is 11. The summed E-state index contributed by atoms with van der Waals surface area (Å²) in [6.45, 7) is 3.06. The van der Waals surface area contributed by atoms with Gasteiger partial charge in [-0.15, -0.1) is 25.5 Å². The zero-order valence-electron chi connectivity index (χ0n) is 18.9. The molecule has 0 spiro atoms. The lowest BCUT2D eigenvalue weighted by molar-refractivity contribution is -0.141. The Morgan fingerprint density at radius 2 is 1.47 bits per heavy atom. The molecule has 36 heavy (non-hydrogen) atoms. The third kappa shape index (κ3) is 6.41. The Morgan fingerprint density at radius 1 is 0.889 bits per heavy atom. The average molecular weight is 552 g/mol. The van der Waals surface area contributed by atoms with Gasteiger partial charge in [-0.2, -0.15) is 0 Å². The predicted molar refractivity (Wildman–Crippen MR) is 128 cm³/mol. The van der Waals surface area contributed by atoms with Crippen LogP contribution in [0, 0.1) is 0 Å². The topological polar surface area (TPSA) is 161 Å². The minimum atomic E-state index is -0.371. The highest BCUT2D eigenvalue weighted by Crippen LogP contribution is 2.34. The van der Waals surface area contributed by atoms with Crippen LogP contribution < -0.4 is 0 Å². The minimum Gasteiger partial charge on any atom is -0.465 e. The van der Waals surface area contributed by atoms with Crippen LogP contribution in [0.3, 0.4) is 0 Å². The first kappa shape index (κ1) is 25.7. The Bertz CT molecular complexity index is 1360. The number of halogens is 1. The largest absolute Gasteiger partial charge is 0.465 e. The maximum absolute atomic E-state index is 10.9. The van der Waals surface area contributed by atoms with E-state index in [2.05, 4.69) is 30.7 Å². The summed E-state index contributed by atoms with van der Waals surface area (Å²) in [5, 5.41) is 25.6. The van der Waals surface area contributed by atoms with Crippen molar-refractivity contribution in [1.29, 1.82) is 0 Å². The van der Waals surface area contributed by atoms with Crippen LogP contribution in [0.4, 0.5) is 0 Å². The molecule has 0 amide bonds. The highest BCUT2D eigenvalue weighted by molar-refractivity contribution is 7.99. The van der Waals surface area contributed by atoms with Crippen LogP contribution in [0.5, 0.6) is 0 Å². The molecule has 0 aliphatic carbocycles. The van der Waals surface area contributed by atoms with Gasteiger partial charge in [0, 0.05) is 25.4 Å². The van der Waals surface area contributed by atoms with E-state index in [0.29, 0.717) is 27.9 Å². The lowest BCUT2D eigenvalue weighted by atomic mass is 10.2. The third-order valence-electron chi connectivity index (χ3n) is 4.20. The highest BCUT2D eigenvalue weighted by Gasteiger charge is 2.27. The molecule has 0 saturated carbocycles. The number of ether oxygens (including phenoxy) is 2. The van der Waals surface area contributed by atoms with Crippen LogP contribution in [-0.2, 0) is 19.1 Å². The van der Waals surface area contributed by atoms with Crippen LogP contribution >= 0.6 is 35.1 Å². The van der Waals surface area contributed by atoms with E-state index in [-0.39, 0.29) is 53.1 Å². The molecule has 0 N–H and O–H groups in total. The van der Waals surface area contributed by atoms with Gasteiger partial charge in [-0.25, -0.2) is 4.68 Å². The second-order valence-corrected chi connectivity index (χ2v) is 9.27.